The van der Waals surface area contributed by atoms with Gasteiger partial charge in [-0.3, -0.25) is 0 Å². The second-order valence-electron chi connectivity index (χ2n) is 2.50. The summed E-state index contributed by atoms with van der Waals surface area (Å²) in [6.07, 6.45) is 2.23. The van der Waals surface area contributed by atoms with Crippen molar-refractivity contribution >= 4 is 13.7 Å². The van der Waals surface area contributed by atoms with Gasteiger partial charge in [0.15, 0.2) is 0 Å². The van der Waals surface area contributed by atoms with Crippen molar-refractivity contribution in [3.63, 3.8) is 0 Å². The fourth-order valence-electron chi connectivity index (χ4n) is 0.815. The number of anilines is 1. The molecule has 0 aromatic carbocycles. The van der Waals surface area contributed by atoms with Crippen molar-refractivity contribution in [1.29, 1.82) is 0 Å². The summed E-state index contributed by atoms with van der Waals surface area (Å²) in [5.74, 6) is 0.804. The van der Waals surface area contributed by atoms with Crippen LogP contribution in [0.25, 0.3) is 0 Å². The smallest absolute Gasteiger partial charge is 0.125 e. The minimum absolute atomic E-state index is 0.524. The maximum atomic E-state index is 8.75. The van der Waals surface area contributed by atoms with Gasteiger partial charge in [0.25, 0.3) is 0 Å². The van der Waals surface area contributed by atoms with E-state index in [4.69, 9.17) is 13.0 Å². The molecule has 1 heterocycles. The summed E-state index contributed by atoms with van der Waals surface area (Å²) in [5, 5.41) is 11.8. The molecule has 0 aliphatic carbocycles. The first kappa shape index (κ1) is 9.07. The first-order chi connectivity index (χ1) is 5.79. The van der Waals surface area contributed by atoms with Crippen molar-refractivity contribution in [2.75, 3.05) is 11.9 Å². The predicted octanol–water partition coefficient (Wildman–Crippen LogP) is 0.370. The molecule has 1 aromatic rings. The van der Waals surface area contributed by atoms with Crippen LogP contribution in [0.15, 0.2) is 24.4 Å². The maximum absolute atomic E-state index is 8.75. The molecule has 0 fully saturated rings. The van der Waals surface area contributed by atoms with E-state index in [1.165, 1.54) is 0 Å². The minimum atomic E-state index is -0.749. The molecule has 0 aliphatic heterocycles. The predicted molar refractivity (Wildman–Crippen MR) is 49.1 cm³/mol. The Balaban J connectivity index is 2.25. The standard InChI is InChI=1S/C8H11BN2O/c9-7(12)4-6-11-8-3-1-2-5-10-8/h1-3,5,7,12H,4,6H2,(H,10,11). The summed E-state index contributed by atoms with van der Waals surface area (Å²) in [5.41, 5.74) is 0. The van der Waals surface area contributed by atoms with E-state index in [1.54, 1.807) is 6.20 Å². The van der Waals surface area contributed by atoms with Gasteiger partial charge in [-0.2, -0.15) is 0 Å². The van der Waals surface area contributed by atoms with Crippen LogP contribution in [0.4, 0.5) is 5.82 Å². The van der Waals surface area contributed by atoms with Crippen molar-refractivity contribution in [2.24, 2.45) is 0 Å². The maximum Gasteiger partial charge on any atom is 0.125 e. The van der Waals surface area contributed by atoms with E-state index in [9.17, 15) is 0 Å². The van der Waals surface area contributed by atoms with Crippen LogP contribution in [-0.2, 0) is 0 Å². The van der Waals surface area contributed by atoms with Crippen LogP contribution in [0, 0.1) is 0 Å². The van der Waals surface area contributed by atoms with Gasteiger partial charge in [-0.05, 0) is 18.6 Å². The van der Waals surface area contributed by atoms with Gasteiger partial charge in [0, 0.05) is 18.7 Å². The van der Waals surface area contributed by atoms with Crippen LogP contribution in [0.2, 0.25) is 0 Å². The summed E-state index contributed by atoms with van der Waals surface area (Å²) in [6, 6.07) is 4.86. The Morgan fingerprint density at radius 2 is 2.42 bits per heavy atom. The number of nitrogens with one attached hydrogen (secondary N) is 1. The highest BCUT2D eigenvalue weighted by Gasteiger charge is 1.94. The quantitative estimate of drug-likeness (QED) is 0.628. The molecular weight excluding hydrogens is 151 g/mol. The average molecular weight is 162 g/mol. The van der Waals surface area contributed by atoms with Crippen molar-refractivity contribution < 1.29 is 5.11 Å². The lowest BCUT2D eigenvalue weighted by Crippen LogP contribution is -2.13. The molecule has 0 saturated heterocycles. The number of pyridine rings is 1. The molecule has 2 radical (unpaired) electrons. The van der Waals surface area contributed by atoms with E-state index >= 15 is 0 Å². The van der Waals surface area contributed by atoms with Crippen LogP contribution in [0.3, 0.4) is 0 Å². The number of rotatable bonds is 4. The van der Waals surface area contributed by atoms with E-state index in [1.807, 2.05) is 18.2 Å². The Bertz CT molecular complexity index is 216. The number of hydrogen-bond acceptors (Lipinski definition) is 3. The lowest BCUT2D eigenvalue weighted by molar-refractivity contribution is 0.249. The second-order valence-corrected chi connectivity index (χ2v) is 2.50. The van der Waals surface area contributed by atoms with E-state index in [-0.39, 0.29) is 0 Å². The van der Waals surface area contributed by atoms with Gasteiger partial charge >= 0.3 is 0 Å². The van der Waals surface area contributed by atoms with E-state index in [0.717, 1.165) is 5.82 Å². The zero-order valence-electron chi connectivity index (χ0n) is 6.77. The Labute approximate surface area is 73.2 Å². The molecule has 0 saturated carbocycles. The summed E-state index contributed by atoms with van der Waals surface area (Å²) in [7, 11) is 5.15. The fraction of sp³-hybridized carbons (Fsp3) is 0.375. The Hall–Kier alpha value is -1.03. The van der Waals surface area contributed by atoms with Crippen LogP contribution in [-0.4, -0.2) is 30.5 Å². The number of aromatic nitrogens is 1. The van der Waals surface area contributed by atoms with Crippen LogP contribution < -0.4 is 5.32 Å². The monoisotopic (exact) mass is 162 g/mol. The molecule has 1 unspecified atom stereocenters. The van der Waals surface area contributed by atoms with E-state index < -0.39 is 6.00 Å². The topological polar surface area (TPSA) is 45.1 Å². The van der Waals surface area contributed by atoms with E-state index in [0.29, 0.717) is 13.0 Å². The highest BCUT2D eigenvalue weighted by molar-refractivity contribution is 6.10. The van der Waals surface area contributed by atoms with Gasteiger partial charge in [-0.15, -0.1) is 0 Å². The number of aliphatic hydroxyl groups excluding tert-OH is 1. The SMILES string of the molecule is [B]C(O)CCNc1ccccn1. The summed E-state index contributed by atoms with van der Waals surface area (Å²) < 4.78 is 0. The Kier molecular flexibility index (Phi) is 3.61. The second kappa shape index (κ2) is 4.77. The summed E-state index contributed by atoms with van der Waals surface area (Å²) >= 11 is 0. The Morgan fingerprint density at radius 1 is 1.58 bits per heavy atom. The molecular formula is C8H11BN2O. The normalized spacial score (nSPS) is 12.4. The highest BCUT2D eigenvalue weighted by atomic mass is 16.3. The number of hydrogen-bond donors (Lipinski definition) is 2. The van der Waals surface area contributed by atoms with Crippen molar-refractivity contribution in [1.82, 2.24) is 4.98 Å². The van der Waals surface area contributed by atoms with Gasteiger partial charge in [0.2, 0.25) is 0 Å². The third-order valence-corrected chi connectivity index (χ3v) is 1.41. The van der Waals surface area contributed by atoms with Gasteiger partial charge in [0.1, 0.15) is 13.7 Å². The third kappa shape index (κ3) is 3.39. The molecule has 0 spiro atoms. The summed E-state index contributed by atoms with van der Waals surface area (Å²) in [4.78, 5) is 4.04. The molecule has 1 rings (SSSR count). The zero-order valence-corrected chi connectivity index (χ0v) is 6.77. The molecule has 0 bridgehead atoms. The number of nitrogens with zero attached hydrogens (tertiary/aromatic N) is 1. The van der Waals surface area contributed by atoms with Gasteiger partial charge in [0.05, 0.1) is 0 Å². The van der Waals surface area contributed by atoms with Gasteiger partial charge < -0.3 is 10.4 Å². The molecule has 4 heteroatoms. The largest absolute Gasteiger partial charge is 0.403 e. The highest BCUT2D eigenvalue weighted by Crippen LogP contribution is 1.99. The third-order valence-electron chi connectivity index (χ3n) is 1.41. The zero-order chi connectivity index (χ0) is 8.81. The molecule has 12 heavy (non-hydrogen) atoms. The van der Waals surface area contributed by atoms with Crippen molar-refractivity contribution in [2.45, 2.75) is 12.4 Å². The lowest BCUT2D eigenvalue weighted by Gasteiger charge is -2.06. The van der Waals surface area contributed by atoms with E-state index in [2.05, 4.69) is 10.3 Å². The lowest BCUT2D eigenvalue weighted by atomic mass is 9.97. The number of aliphatic hydroxyl groups is 1. The first-order valence-corrected chi connectivity index (χ1v) is 3.87. The minimum Gasteiger partial charge on any atom is -0.403 e. The Morgan fingerprint density at radius 3 is 3.00 bits per heavy atom. The fourth-order valence-corrected chi connectivity index (χ4v) is 0.815. The van der Waals surface area contributed by atoms with Crippen LogP contribution in [0.1, 0.15) is 6.42 Å². The molecule has 0 aliphatic rings. The van der Waals surface area contributed by atoms with Crippen molar-refractivity contribution in [3.8, 4) is 0 Å². The molecule has 62 valence electrons. The van der Waals surface area contributed by atoms with Gasteiger partial charge in [-0.25, -0.2) is 4.98 Å². The van der Waals surface area contributed by atoms with Crippen molar-refractivity contribution in [3.05, 3.63) is 24.4 Å². The molecule has 2 N–H and O–H groups in total. The molecule has 1 aromatic heterocycles. The molecule has 0 amide bonds. The molecule has 3 nitrogen and oxygen atoms in total. The molecule has 1 atom stereocenters. The van der Waals surface area contributed by atoms with Crippen LogP contribution >= 0.6 is 0 Å². The van der Waals surface area contributed by atoms with Crippen LogP contribution in [0.5, 0.6) is 0 Å². The average Bonchev–Trinajstić information content (AvgIpc) is 2.05. The van der Waals surface area contributed by atoms with Gasteiger partial charge in [-0.1, -0.05) is 6.07 Å². The first-order valence-electron chi connectivity index (χ1n) is 3.87. The summed E-state index contributed by atoms with van der Waals surface area (Å²) in [6.45, 7) is 0.634.